The third-order valence-electron chi connectivity index (χ3n) is 1.53. The van der Waals surface area contributed by atoms with Crippen LogP contribution in [0.15, 0.2) is 18.2 Å². The lowest BCUT2D eigenvalue weighted by Crippen LogP contribution is -1.95. The van der Waals surface area contributed by atoms with Gasteiger partial charge in [-0.05, 0) is 19.1 Å². The van der Waals surface area contributed by atoms with E-state index in [-0.39, 0.29) is 16.9 Å². The Hall–Kier alpha value is -1.51. The summed E-state index contributed by atoms with van der Waals surface area (Å²) in [5, 5.41) is 0. The molecule has 0 aliphatic carbocycles. The van der Waals surface area contributed by atoms with E-state index in [1.54, 1.807) is 0 Å². The number of carbonyl (C=O) groups excluding carboxylic acids is 2. The zero-order chi connectivity index (χ0) is 9.14. The van der Waals surface area contributed by atoms with Gasteiger partial charge in [0.2, 0.25) is 0 Å². The fraction of sp³-hybridized carbons (Fsp3) is 0.111. The van der Waals surface area contributed by atoms with Crippen molar-refractivity contribution in [3.63, 3.8) is 0 Å². The third-order valence-corrected chi connectivity index (χ3v) is 1.53. The molecule has 0 aromatic heterocycles. The summed E-state index contributed by atoms with van der Waals surface area (Å²) in [4.78, 5) is 20.9. The van der Waals surface area contributed by atoms with Crippen LogP contribution < -0.4 is 0 Å². The molecule has 0 bridgehead atoms. The van der Waals surface area contributed by atoms with Crippen LogP contribution in [0.2, 0.25) is 0 Å². The van der Waals surface area contributed by atoms with Crippen LogP contribution in [0.1, 0.15) is 27.6 Å². The predicted molar refractivity (Wildman–Crippen MR) is 41.8 cm³/mol. The summed E-state index contributed by atoms with van der Waals surface area (Å²) in [5.74, 6) is -0.871. The highest BCUT2D eigenvalue weighted by molar-refractivity contribution is 5.94. The van der Waals surface area contributed by atoms with Crippen molar-refractivity contribution in [2.45, 2.75) is 6.92 Å². The molecule has 0 fully saturated rings. The van der Waals surface area contributed by atoms with E-state index in [0.29, 0.717) is 6.29 Å². The fourth-order valence-corrected chi connectivity index (χ4v) is 0.842. The smallest absolute Gasteiger partial charge is 0.159 e. The lowest BCUT2D eigenvalue weighted by Gasteiger charge is -1.96. The summed E-state index contributed by atoms with van der Waals surface area (Å²) in [5.41, 5.74) is 0.248. The molecule has 0 aliphatic heterocycles. The summed E-state index contributed by atoms with van der Waals surface area (Å²) >= 11 is 0. The highest BCUT2D eigenvalue weighted by Crippen LogP contribution is 2.08. The van der Waals surface area contributed by atoms with Gasteiger partial charge < -0.3 is 0 Å². The fourth-order valence-electron chi connectivity index (χ4n) is 0.842. The maximum Gasteiger partial charge on any atom is 0.159 e. The van der Waals surface area contributed by atoms with Crippen molar-refractivity contribution in [1.82, 2.24) is 0 Å². The van der Waals surface area contributed by atoms with Gasteiger partial charge in [0.15, 0.2) is 12.1 Å². The van der Waals surface area contributed by atoms with Crippen LogP contribution in [0.5, 0.6) is 0 Å². The minimum absolute atomic E-state index is 0.0278. The Balaban J connectivity index is 3.18. The van der Waals surface area contributed by atoms with Crippen molar-refractivity contribution in [3.05, 3.63) is 35.1 Å². The lowest BCUT2D eigenvalue weighted by atomic mass is 10.1. The normalized spacial score (nSPS) is 9.50. The molecule has 0 spiro atoms. The zero-order valence-electron chi connectivity index (χ0n) is 6.50. The van der Waals surface area contributed by atoms with Crippen LogP contribution in [0.3, 0.4) is 0 Å². The summed E-state index contributed by atoms with van der Waals surface area (Å²) < 4.78 is 12.8. The van der Waals surface area contributed by atoms with E-state index in [2.05, 4.69) is 0 Å². The minimum Gasteiger partial charge on any atom is -0.298 e. The van der Waals surface area contributed by atoms with Gasteiger partial charge in [0.25, 0.3) is 0 Å². The third kappa shape index (κ3) is 1.56. The molecule has 12 heavy (non-hydrogen) atoms. The first kappa shape index (κ1) is 8.59. The molecular formula is C9H7FO2. The second-order valence-electron chi connectivity index (χ2n) is 2.41. The SMILES string of the molecule is CC(=O)c1ccc(C=O)c(F)c1. The number of benzene rings is 1. The molecule has 0 saturated heterocycles. The molecule has 2 nitrogen and oxygen atoms in total. The number of halogens is 1. The average molecular weight is 166 g/mol. The summed E-state index contributed by atoms with van der Waals surface area (Å²) in [6, 6.07) is 3.78. The van der Waals surface area contributed by atoms with Gasteiger partial charge in [0, 0.05) is 5.56 Å². The summed E-state index contributed by atoms with van der Waals surface area (Å²) in [6.45, 7) is 1.34. The van der Waals surface area contributed by atoms with Crippen LogP contribution in [-0.2, 0) is 0 Å². The molecule has 0 saturated carbocycles. The van der Waals surface area contributed by atoms with Gasteiger partial charge >= 0.3 is 0 Å². The van der Waals surface area contributed by atoms with Crippen LogP contribution in [-0.4, -0.2) is 12.1 Å². The van der Waals surface area contributed by atoms with Gasteiger partial charge in [-0.2, -0.15) is 0 Å². The van der Waals surface area contributed by atoms with E-state index in [0.717, 1.165) is 6.07 Å². The molecule has 0 amide bonds. The standard InChI is InChI=1S/C9H7FO2/c1-6(12)7-2-3-8(5-11)9(10)4-7/h2-5H,1H3. The van der Waals surface area contributed by atoms with Gasteiger partial charge in [-0.3, -0.25) is 9.59 Å². The predicted octanol–water partition coefficient (Wildman–Crippen LogP) is 1.84. The molecule has 0 aliphatic rings. The number of rotatable bonds is 2. The van der Waals surface area contributed by atoms with E-state index in [1.165, 1.54) is 19.1 Å². The van der Waals surface area contributed by atoms with Crippen LogP contribution in [0, 0.1) is 5.82 Å². The van der Waals surface area contributed by atoms with Crippen molar-refractivity contribution in [3.8, 4) is 0 Å². The Morgan fingerprint density at radius 2 is 2.17 bits per heavy atom. The summed E-state index contributed by atoms with van der Waals surface area (Å²) in [7, 11) is 0. The number of hydrogen-bond donors (Lipinski definition) is 0. The quantitative estimate of drug-likeness (QED) is 0.496. The Labute approximate surface area is 69.0 Å². The molecule has 1 aromatic carbocycles. The summed E-state index contributed by atoms with van der Waals surface area (Å²) in [6.07, 6.45) is 0.416. The van der Waals surface area contributed by atoms with Crippen molar-refractivity contribution in [2.75, 3.05) is 0 Å². The molecule has 0 unspecified atom stereocenters. The van der Waals surface area contributed by atoms with E-state index in [1.807, 2.05) is 0 Å². The first-order valence-corrected chi connectivity index (χ1v) is 3.41. The van der Waals surface area contributed by atoms with E-state index in [4.69, 9.17) is 0 Å². The number of Topliss-reactive ketones (excluding diaryl/α,β-unsaturated/α-hetero) is 1. The van der Waals surface area contributed by atoms with Crippen molar-refractivity contribution in [1.29, 1.82) is 0 Å². The monoisotopic (exact) mass is 166 g/mol. The molecule has 0 heterocycles. The molecular weight excluding hydrogens is 159 g/mol. The van der Waals surface area contributed by atoms with Gasteiger partial charge in [-0.1, -0.05) is 6.07 Å². The van der Waals surface area contributed by atoms with Gasteiger partial charge in [0.1, 0.15) is 5.82 Å². The van der Waals surface area contributed by atoms with Gasteiger partial charge in [-0.25, -0.2) is 4.39 Å². The highest BCUT2D eigenvalue weighted by atomic mass is 19.1. The first-order chi connectivity index (χ1) is 5.65. The maximum absolute atomic E-state index is 12.8. The average Bonchev–Trinajstić information content (AvgIpc) is 2.04. The van der Waals surface area contributed by atoms with Gasteiger partial charge in [-0.15, -0.1) is 0 Å². The molecule has 62 valence electrons. The molecule has 1 rings (SSSR count). The number of carbonyl (C=O) groups is 2. The van der Waals surface area contributed by atoms with Crippen molar-refractivity contribution in [2.24, 2.45) is 0 Å². The van der Waals surface area contributed by atoms with E-state index in [9.17, 15) is 14.0 Å². The Morgan fingerprint density at radius 1 is 1.50 bits per heavy atom. The molecule has 3 heteroatoms. The van der Waals surface area contributed by atoms with E-state index < -0.39 is 5.82 Å². The van der Waals surface area contributed by atoms with Gasteiger partial charge in [0.05, 0.1) is 5.56 Å². The van der Waals surface area contributed by atoms with Crippen molar-refractivity contribution < 1.29 is 14.0 Å². The number of ketones is 1. The Kier molecular flexibility index (Phi) is 2.33. The maximum atomic E-state index is 12.8. The molecule has 0 N–H and O–H groups in total. The Bertz CT molecular complexity index is 331. The highest BCUT2D eigenvalue weighted by Gasteiger charge is 2.04. The number of aldehydes is 1. The molecule has 1 aromatic rings. The van der Waals surface area contributed by atoms with Crippen LogP contribution in [0.4, 0.5) is 4.39 Å². The minimum atomic E-state index is -0.655. The molecule has 0 atom stereocenters. The molecule has 0 radical (unpaired) electrons. The van der Waals surface area contributed by atoms with Crippen molar-refractivity contribution >= 4 is 12.1 Å². The second-order valence-corrected chi connectivity index (χ2v) is 2.41. The first-order valence-electron chi connectivity index (χ1n) is 3.41. The zero-order valence-corrected chi connectivity index (χ0v) is 6.50. The second kappa shape index (κ2) is 3.26. The van der Waals surface area contributed by atoms with Crippen LogP contribution in [0.25, 0.3) is 0 Å². The largest absolute Gasteiger partial charge is 0.298 e. The van der Waals surface area contributed by atoms with E-state index >= 15 is 0 Å². The Morgan fingerprint density at radius 3 is 2.58 bits per heavy atom. The number of hydrogen-bond acceptors (Lipinski definition) is 2. The van der Waals surface area contributed by atoms with Crippen LogP contribution >= 0.6 is 0 Å². The lowest BCUT2D eigenvalue weighted by molar-refractivity contribution is 0.101. The topological polar surface area (TPSA) is 34.1 Å².